The summed E-state index contributed by atoms with van der Waals surface area (Å²) in [5.41, 5.74) is 2.59. The molecule has 0 unspecified atom stereocenters. The van der Waals surface area contributed by atoms with Crippen LogP contribution in [0.2, 0.25) is 0 Å². The number of hydrogen-bond donors (Lipinski definition) is 0. The van der Waals surface area contributed by atoms with E-state index in [1.165, 1.54) is 27.6 Å². The highest BCUT2D eigenvalue weighted by molar-refractivity contribution is 7.89. The number of benzene rings is 3. The van der Waals surface area contributed by atoms with Crippen molar-refractivity contribution in [3.8, 4) is 5.75 Å². The number of hydrogen-bond acceptors (Lipinski definition) is 4. The molecule has 0 spiro atoms. The van der Waals surface area contributed by atoms with E-state index >= 15 is 0 Å². The molecule has 7 heteroatoms. The maximum absolute atomic E-state index is 12.8. The Bertz CT molecular complexity index is 1180. The summed E-state index contributed by atoms with van der Waals surface area (Å²) in [5.74, 6) is 1.04. The molecule has 1 amide bonds. The van der Waals surface area contributed by atoms with Crippen LogP contribution in [0.15, 0.2) is 89.8 Å². The van der Waals surface area contributed by atoms with Crippen LogP contribution in [0.4, 0.5) is 4.79 Å². The van der Waals surface area contributed by atoms with Crippen LogP contribution < -0.4 is 4.74 Å². The number of amides is 1. The Kier molecular flexibility index (Phi) is 8.44. The third-order valence-corrected chi connectivity index (χ3v) is 9.02. The van der Waals surface area contributed by atoms with Gasteiger partial charge in [-0.1, -0.05) is 74.5 Å². The van der Waals surface area contributed by atoms with E-state index in [9.17, 15) is 13.2 Å². The predicted octanol–water partition coefficient (Wildman–Crippen LogP) is 5.76. The topological polar surface area (TPSA) is 66.9 Å². The fourth-order valence-corrected chi connectivity index (χ4v) is 6.49. The average Bonchev–Trinajstić information content (AvgIpc) is 2.91. The quantitative estimate of drug-likeness (QED) is 0.390. The first-order valence-corrected chi connectivity index (χ1v) is 14.0. The van der Waals surface area contributed by atoms with Gasteiger partial charge in [-0.25, -0.2) is 13.2 Å². The maximum Gasteiger partial charge on any atom is 0.415 e. The van der Waals surface area contributed by atoms with Crippen LogP contribution in [0.25, 0.3) is 0 Å². The van der Waals surface area contributed by atoms with E-state index in [1.807, 2.05) is 26.0 Å². The summed E-state index contributed by atoms with van der Waals surface area (Å²) in [6, 6.07) is 27.2. The van der Waals surface area contributed by atoms with Gasteiger partial charge in [0.15, 0.2) is 0 Å². The molecule has 1 aliphatic rings. The van der Waals surface area contributed by atoms with Gasteiger partial charge in [0.2, 0.25) is 10.0 Å². The number of ether oxygens (including phenoxy) is 1. The first-order chi connectivity index (χ1) is 17.4. The molecule has 0 saturated carbocycles. The Balaban J connectivity index is 1.39. The lowest BCUT2D eigenvalue weighted by Crippen LogP contribution is -2.41. The second kappa shape index (κ2) is 11.7. The van der Waals surface area contributed by atoms with E-state index in [-0.39, 0.29) is 10.8 Å². The summed E-state index contributed by atoms with van der Waals surface area (Å²) >= 11 is 0. The lowest BCUT2D eigenvalue weighted by molar-refractivity contribution is 0.128. The summed E-state index contributed by atoms with van der Waals surface area (Å²) < 4.78 is 32.3. The second-order valence-corrected chi connectivity index (χ2v) is 11.0. The summed E-state index contributed by atoms with van der Waals surface area (Å²) in [6.45, 7) is 5.66. The highest BCUT2D eigenvalue weighted by Crippen LogP contribution is 2.38. The van der Waals surface area contributed by atoms with E-state index in [4.69, 9.17) is 4.74 Å². The third kappa shape index (κ3) is 5.79. The number of carbonyl (C=O) groups excluding carboxylic acids is 1. The van der Waals surface area contributed by atoms with Gasteiger partial charge in [-0.05, 0) is 54.2 Å². The van der Waals surface area contributed by atoms with Gasteiger partial charge in [0, 0.05) is 32.1 Å². The van der Waals surface area contributed by atoms with Crippen LogP contribution in [0.5, 0.6) is 5.75 Å². The summed E-state index contributed by atoms with van der Waals surface area (Å²) in [5, 5.41) is 0. The zero-order chi connectivity index (χ0) is 25.5. The monoisotopic (exact) mass is 506 g/mol. The van der Waals surface area contributed by atoms with Gasteiger partial charge in [-0.2, -0.15) is 4.31 Å². The zero-order valence-electron chi connectivity index (χ0n) is 20.9. The Labute approximate surface area is 214 Å². The number of sulfonamides is 1. The normalized spacial score (nSPS) is 14.8. The van der Waals surface area contributed by atoms with Crippen molar-refractivity contribution >= 4 is 16.1 Å². The molecule has 3 aromatic carbocycles. The molecule has 4 rings (SSSR count). The largest absolute Gasteiger partial charge is 0.415 e. The van der Waals surface area contributed by atoms with Crippen LogP contribution in [0.3, 0.4) is 0 Å². The SMILES string of the molecule is CCN(CC)S(=O)(=O)c1ccc(OC(=O)N2CCC(C(c3ccccc3)c3ccccc3)CC2)cc1. The van der Waals surface area contributed by atoms with E-state index < -0.39 is 16.1 Å². The smallest absolute Gasteiger partial charge is 0.410 e. The summed E-state index contributed by atoms with van der Waals surface area (Å²) in [4.78, 5) is 14.8. The third-order valence-electron chi connectivity index (χ3n) is 6.96. The highest BCUT2D eigenvalue weighted by Gasteiger charge is 2.31. The molecule has 0 atom stereocenters. The average molecular weight is 507 g/mol. The van der Waals surface area contributed by atoms with Crippen LogP contribution >= 0.6 is 0 Å². The molecule has 0 N–H and O–H groups in total. The molecule has 1 fully saturated rings. The lowest BCUT2D eigenvalue weighted by atomic mass is 9.76. The van der Waals surface area contributed by atoms with Gasteiger partial charge in [-0.3, -0.25) is 0 Å². The molecule has 1 heterocycles. The van der Waals surface area contributed by atoms with Crippen molar-refractivity contribution in [3.63, 3.8) is 0 Å². The molecule has 1 saturated heterocycles. The van der Waals surface area contributed by atoms with Gasteiger partial charge in [0.25, 0.3) is 0 Å². The summed E-state index contributed by atoms with van der Waals surface area (Å²) in [6.07, 6.45) is 1.36. The van der Waals surface area contributed by atoms with Crippen LogP contribution in [-0.2, 0) is 10.0 Å². The Hall–Kier alpha value is -3.16. The molecule has 1 aliphatic heterocycles. The minimum Gasteiger partial charge on any atom is -0.410 e. The molecule has 0 radical (unpaired) electrons. The molecule has 0 aliphatic carbocycles. The van der Waals surface area contributed by atoms with Crippen molar-refractivity contribution in [1.29, 1.82) is 0 Å². The van der Waals surface area contributed by atoms with Gasteiger partial charge >= 0.3 is 6.09 Å². The fraction of sp³-hybridized carbons (Fsp3) is 0.345. The predicted molar refractivity (Wildman–Crippen MR) is 142 cm³/mol. The lowest BCUT2D eigenvalue weighted by Gasteiger charge is -2.36. The second-order valence-electron chi connectivity index (χ2n) is 9.05. The van der Waals surface area contributed by atoms with Crippen molar-refractivity contribution in [3.05, 3.63) is 96.1 Å². The van der Waals surface area contributed by atoms with Crippen molar-refractivity contribution in [2.45, 2.75) is 37.5 Å². The maximum atomic E-state index is 12.8. The molecule has 190 valence electrons. The Morgan fingerprint density at radius 3 is 1.83 bits per heavy atom. The molecule has 0 aromatic heterocycles. The number of nitrogens with zero attached hydrogens (tertiary/aromatic N) is 2. The number of likely N-dealkylation sites (tertiary alicyclic amines) is 1. The van der Waals surface area contributed by atoms with Gasteiger partial charge < -0.3 is 9.64 Å². The van der Waals surface area contributed by atoms with Crippen LogP contribution in [0, 0.1) is 5.92 Å². The first kappa shape index (κ1) is 25.9. The van der Waals surface area contributed by atoms with E-state index in [0.717, 1.165) is 12.8 Å². The van der Waals surface area contributed by atoms with Gasteiger partial charge in [-0.15, -0.1) is 0 Å². The summed E-state index contributed by atoms with van der Waals surface area (Å²) in [7, 11) is -3.54. The van der Waals surface area contributed by atoms with Crippen LogP contribution in [-0.4, -0.2) is 49.9 Å². The van der Waals surface area contributed by atoms with Gasteiger partial charge in [0.05, 0.1) is 4.90 Å². The molecule has 6 nitrogen and oxygen atoms in total. The Morgan fingerprint density at radius 2 is 1.36 bits per heavy atom. The van der Waals surface area contributed by atoms with Crippen molar-refractivity contribution < 1.29 is 17.9 Å². The fourth-order valence-electron chi connectivity index (χ4n) is 5.03. The number of carbonyl (C=O) groups is 1. The van der Waals surface area contributed by atoms with Crippen LogP contribution in [0.1, 0.15) is 43.7 Å². The van der Waals surface area contributed by atoms with Crippen molar-refractivity contribution in [2.75, 3.05) is 26.2 Å². The zero-order valence-corrected chi connectivity index (χ0v) is 21.7. The van der Waals surface area contributed by atoms with E-state index in [2.05, 4.69) is 48.5 Å². The standard InChI is InChI=1S/C29H34N2O4S/c1-3-31(4-2)36(33,34)27-17-15-26(16-18-27)35-29(32)30-21-19-25(20-22-30)28(23-11-7-5-8-12-23)24-13-9-6-10-14-24/h5-18,25,28H,3-4,19-22H2,1-2H3. The van der Waals surface area contributed by atoms with E-state index in [0.29, 0.717) is 37.8 Å². The molecular weight excluding hydrogens is 472 g/mol. The molecule has 3 aromatic rings. The van der Waals surface area contributed by atoms with Crippen molar-refractivity contribution in [1.82, 2.24) is 9.21 Å². The first-order valence-electron chi connectivity index (χ1n) is 12.6. The minimum atomic E-state index is -3.54. The molecule has 0 bridgehead atoms. The van der Waals surface area contributed by atoms with E-state index in [1.54, 1.807) is 17.0 Å². The van der Waals surface area contributed by atoms with Crippen molar-refractivity contribution in [2.24, 2.45) is 5.92 Å². The molecular formula is C29H34N2O4S. The Morgan fingerprint density at radius 1 is 0.861 bits per heavy atom. The van der Waals surface area contributed by atoms with Gasteiger partial charge in [0.1, 0.15) is 5.75 Å². The number of rotatable bonds is 8. The highest BCUT2D eigenvalue weighted by atomic mass is 32.2. The number of piperidine rings is 1. The minimum absolute atomic E-state index is 0.194. The molecule has 36 heavy (non-hydrogen) atoms.